The molecule has 0 saturated carbocycles. The van der Waals surface area contributed by atoms with Crippen molar-refractivity contribution in [2.75, 3.05) is 0 Å². The number of halogens is 2. The predicted molar refractivity (Wildman–Crippen MR) is 119 cm³/mol. The lowest BCUT2D eigenvalue weighted by molar-refractivity contribution is -0.384. The van der Waals surface area contributed by atoms with Gasteiger partial charge < -0.3 is 4.74 Å². The van der Waals surface area contributed by atoms with E-state index in [9.17, 15) is 19.7 Å². The number of rotatable bonds is 6. The number of amides is 1. The van der Waals surface area contributed by atoms with Crippen LogP contribution in [0.2, 0.25) is 0 Å². The number of esters is 1. The number of nitro benzene ring substituents is 1. The van der Waals surface area contributed by atoms with E-state index >= 15 is 0 Å². The Morgan fingerprint density at radius 1 is 1.03 bits per heavy atom. The van der Waals surface area contributed by atoms with Gasteiger partial charge in [-0.05, 0) is 52.3 Å². The average molecular weight is 548 g/mol. The number of benzene rings is 2. The molecule has 1 aromatic heterocycles. The zero-order valence-corrected chi connectivity index (χ0v) is 18.7. The van der Waals surface area contributed by atoms with Gasteiger partial charge >= 0.3 is 5.97 Å². The minimum atomic E-state index is -0.698. The fourth-order valence-corrected chi connectivity index (χ4v) is 3.10. The molecule has 156 valence electrons. The highest BCUT2D eigenvalue weighted by Gasteiger charge is 2.14. The average Bonchev–Trinajstić information content (AvgIpc) is 2.75. The SMILES string of the molecule is O=C(NN=Cc1cc(Br)ccc1OC(=O)c1ccc([N+](=O)[O-])cc1)c1cncc(Br)c1. The molecule has 0 aliphatic rings. The molecule has 1 N–H and O–H groups in total. The Bertz CT molecular complexity index is 1180. The second kappa shape index (κ2) is 10.0. The van der Waals surface area contributed by atoms with Crippen molar-refractivity contribution in [3.63, 3.8) is 0 Å². The number of ether oxygens (including phenoxy) is 1. The second-order valence-electron chi connectivity index (χ2n) is 5.97. The molecule has 0 saturated heterocycles. The van der Waals surface area contributed by atoms with Crippen LogP contribution in [0.4, 0.5) is 5.69 Å². The quantitative estimate of drug-likeness (QED) is 0.159. The van der Waals surface area contributed by atoms with Crippen LogP contribution in [-0.2, 0) is 0 Å². The van der Waals surface area contributed by atoms with Crippen LogP contribution in [0.25, 0.3) is 0 Å². The number of carbonyl (C=O) groups excluding carboxylic acids is 2. The summed E-state index contributed by atoms with van der Waals surface area (Å²) in [5.41, 5.74) is 3.11. The topological polar surface area (TPSA) is 124 Å². The van der Waals surface area contributed by atoms with E-state index in [0.29, 0.717) is 20.1 Å². The van der Waals surface area contributed by atoms with E-state index in [4.69, 9.17) is 4.74 Å². The van der Waals surface area contributed by atoms with Crippen molar-refractivity contribution in [2.45, 2.75) is 0 Å². The summed E-state index contributed by atoms with van der Waals surface area (Å²) in [4.78, 5) is 38.6. The molecule has 0 spiro atoms. The zero-order chi connectivity index (χ0) is 22.4. The number of carbonyl (C=O) groups is 2. The van der Waals surface area contributed by atoms with E-state index in [2.05, 4.69) is 47.4 Å². The maximum atomic E-state index is 12.4. The molecule has 2 aromatic carbocycles. The molecule has 0 aliphatic carbocycles. The minimum Gasteiger partial charge on any atom is -0.422 e. The molecule has 0 bridgehead atoms. The highest BCUT2D eigenvalue weighted by molar-refractivity contribution is 9.10. The van der Waals surface area contributed by atoms with Gasteiger partial charge in [-0.2, -0.15) is 5.10 Å². The highest BCUT2D eigenvalue weighted by atomic mass is 79.9. The summed E-state index contributed by atoms with van der Waals surface area (Å²) in [6.07, 6.45) is 4.27. The summed E-state index contributed by atoms with van der Waals surface area (Å²) in [6.45, 7) is 0. The van der Waals surface area contributed by atoms with Gasteiger partial charge in [0, 0.05) is 39.0 Å². The van der Waals surface area contributed by atoms with E-state index in [1.165, 1.54) is 36.7 Å². The van der Waals surface area contributed by atoms with Gasteiger partial charge in [0.1, 0.15) is 5.75 Å². The van der Waals surface area contributed by atoms with Crippen molar-refractivity contribution < 1.29 is 19.2 Å². The molecule has 1 amide bonds. The van der Waals surface area contributed by atoms with E-state index in [0.717, 1.165) is 0 Å². The number of nitro groups is 1. The van der Waals surface area contributed by atoms with Crippen LogP contribution in [0.5, 0.6) is 5.75 Å². The largest absolute Gasteiger partial charge is 0.422 e. The van der Waals surface area contributed by atoms with Crippen LogP contribution in [0, 0.1) is 10.1 Å². The Balaban J connectivity index is 1.74. The Morgan fingerprint density at radius 3 is 2.45 bits per heavy atom. The van der Waals surface area contributed by atoms with Gasteiger partial charge in [-0.15, -0.1) is 0 Å². The third-order valence-electron chi connectivity index (χ3n) is 3.83. The molecule has 1 heterocycles. The van der Waals surface area contributed by atoms with Crippen molar-refractivity contribution in [3.05, 3.63) is 96.7 Å². The van der Waals surface area contributed by atoms with Gasteiger partial charge in [0.15, 0.2) is 0 Å². The van der Waals surface area contributed by atoms with Gasteiger partial charge in [0.05, 0.1) is 22.3 Å². The zero-order valence-electron chi connectivity index (χ0n) is 15.5. The summed E-state index contributed by atoms with van der Waals surface area (Å²) < 4.78 is 6.75. The standard InChI is InChI=1S/C20H12Br2N4O5/c21-15-3-6-18(31-20(28)12-1-4-17(5-2-12)26(29)30)13(7-15)10-24-25-19(27)14-8-16(22)11-23-9-14/h1-11H,(H,25,27). The molecule has 11 heteroatoms. The third kappa shape index (κ3) is 6.03. The first kappa shape index (κ1) is 22.2. The summed E-state index contributed by atoms with van der Waals surface area (Å²) >= 11 is 6.57. The first-order chi connectivity index (χ1) is 14.8. The minimum absolute atomic E-state index is 0.135. The molecule has 9 nitrogen and oxygen atoms in total. The maximum absolute atomic E-state index is 12.4. The number of pyridine rings is 1. The molecule has 0 aliphatic heterocycles. The van der Waals surface area contributed by atoms with Crippen molar-refractivity contribution in [1.82, 2.24) is 10.4 Å². The van der Waals surface area contributed by atoms with Crippen molar-refractivity contribution in [3.8, 4) is 5.75 Å². The molecule has 0 fully saturated rings. The van der Waals surface area contributed by atoms with Crippen molar-refractivity contribution in [2.24, 2.45) is 5.10 Å². The van der Waals surface area contributed by atoms with Crippen LogP contribution < -0.4 is 10.2 Å². The number of hydrogen-bond acceptors (Lipinski definition) is 7. The molecule has 31 heavy (non-hydrogen) atoms. The predicted octanol–water partition coefficient (Wildman–Crippen LogP) is 4.50. The van der Waals surface area contributed by atoms with Crippen molar-refractivity contribution >= 4 is 55.6 Å². The summed E-state index contributed by atoms with van der Waals surface area (Å²) in [7, 11) is 0. The van der Waals surface area contributed by atoms with E-state index in [-0.39, 0.29) is 17.0 Å². The maximum Gasteiger partial charge on any atom is 0.343 e. The molecule has 0 unspecified atom stereocenters. The second-order valence-corrected chi connectivity index (χ2v) is 7.80. The molecule has 3 rings (SSSR count). The Morgan fingerprint density at radius 2 is 1.77 bits per heavy atom. The molecular weight excluding hydrogens is 536 g/mol. The normalized spacial score (nSPS) is 10.6. The van der Waals surface area contributed by atoms with Crippen LogP contribution in [0.1, 0.15) is 26.3 Å². The Hall–Kier alpha value is -3.44. The van der Waals surface area contributed by atoms with Gasteiger partial charge in [-0.3, -0.25) is 19.9 Å². The Labute approximate surface area is 192 Å². The molecule has 0 radical (unpaired) electrons. The van der Waals surface area contributed by atoms with Crippen LogP contribution in [-0.4, -0.2) is 28.0 Å². The van der Waals surface area contributed by atoms with Crippen LogP contribution >= 0.6 is 31.9 Å². The lowest BCUT2D eigenvalue weighted by Crippen LogP contribution is -2.18. The van der Waals surface area contributed by atoms with Crippen LogP contribution in [0.15, 0.2) is 75.0 Å². The third-order valence-corrected chi connectivity index (χ3v) is 4.75. The van der Waals surface area contributed by atoms with Crippen LogP contribution in [0.3, 0.4) is 0 Å². The number of aromatic nitrogens is 1. The molecule has 0 atom stereocenters. The van der Waals surface area contributed by atoms with Gasteiger partial charge in [0.25, 0.3) is 11.6 Å². The lowest BCUT2D eigenvalue weighted by Gasteiger charge is -2.08. The lowest BCUT2D eigenvalue weighted by atomic mass is 10.2. The summed E-state index contributed by atoms with van der Waals surface area (Å²) in [6, 6.07) is 11.5. The first-order valence-electron chi connectivity index (χ1n) is 8.53. The molecule has 3 aromatic rings. The van der Waals surface area contributed by atoms with Gasteiger partial charge in [0.2, 0.25) is 0 Å². The smallest absolute Gasteiger partial charge is 0.343 e. The number of nitrogens with zero attached hydrogens (tertiary/aromatic N) is 3. The fourth-order valence-electron chi connectivity index (χ4n) is 2.35. The number of nitrogens with one attached hydrogen (secondary N) is 1. The first-order valence-corrected chi connectivity index (χ1v) is 10.1. The van der Waals surface area contributed by atoms with Crippen molar-refractivity contribution in [1.29, 1.82) is 0 Å². The van der Waals surface area contributed by atoms with Gasteiger partial charge in [-0.25, -0.2) is 10.2 Å². The monoisotopic (exact) mass is 546 g/mol. The highest BCUT2D eigenvalue weighted by Crippen LogP contribution is 2.23. The van der Waals surface area contributed by atoms with E-state index in [1.54, 1.807) is 30.5 Å². The van der Waals surface area contributed by atoms with Gasteiger partial charge in [-0.1, -0.05) is 15.9 Å². The summed E-state index contributed by atoms with van der Waals surface area (Å²) in [5.74, 6) is -0.978. The number of hydrazone groups is 1. The fraction of sp³-hybridized carbons (Fsp3) is 0. The van der Waals surface area contributed by atoms with E-state index < -0.39 is 16.8 Å². The molecular formula is C20H12Br2N4O5. The Kier molecular flexibility index (Phi) is 7.21. The number of hydrogen-bond donors (Lipinski definition) is 1. The summed E-state index contributed by atoms with van der Waals surface area (Å²) in [5, 5.41) is 14.6. The number of non-ortho nitro benzene ring substituents is 1. The van der Waals surface area contributed by atoms with E-state index in [1.807, 2.05) is 0 Å².